The first-order valence-electron chi connectivity index (χ1n) is 5.49. The van der Waals surface area contributed by atoms with Gasteiger partial charge in [0, 0.05) is 6.54 Å². The maximum absolute atomic E-state index is 12.7. The third-order valence-corrected chi connectivity index (χ3v) is 2.33. The predicted octanol–water partition coefficient (Wildman–Crippen LogP) is 1.31. The van der Waals surface area contributed by atoms with Crippen LogP contribution in [0.3, 0.4) is 0 Å². The van der Waals surface area contributed by atoms with Gasteiger partial charge in [0.15, 0.2) is 0 Å². The lowest BCUT2D eigenvalue weighted by Gasteiger charge is -2.13. The van der Waals surface area contributed by atoms with Gasteiger partial charge in [-0.15, -0.1) is 6.58 Å². The topological polar surface area (TPSA) is 58.2 Å². The van der Waals surface area contributed by atoms with E-state index in [0.29, 0.717) is 0 Å². The summed E-state index contributed by atoms with van der Waals surface area (Å²) in [6, 6.07) is 5.35. The van der Waals surface area contributed by atoms with Gasteiger partial charge in [-0.05, 0) is 24.6 Å². The minimum atomic E-state index is -0.728. The molecule has 18 heavy (non-hydrogen) atoms. The number of halogens is 1. The summed E-state index contributed by atoms with van der Waals surface area (Å²) in [4.78, 5) is 22.8. The van der Waals surface area contributed by atoms with Crippen molar-refractivity contribution < 1.29 is 14.0 Å². The lowest BCUT2D eigenvalue weighted by molar-refractivity contribution is -0.139. The number of carbonyl (C=O) groups is 2. The minimum Gasteiger partial charge on any atom is -0.344 e. The summed E-state index contributed by atoms with van der Waals surface area (Å²) < 4.78 is 12.7. The third-order valence-electron chi connectivity index (χ3n) is 2.33. The molecule has 0 unspecified atom stereocenters. The van der Waals surface area contributed by atoms with Crippen LogP contribution < -0.4 is 10.6 Å². The molecule has 2 N–H and O–H groups in total. The smallest absolute Gasteiger partial charge is 0.309 e. The number of rotatable bonds is 4. The van der Waals surface area contributed by atoms with Crippen LogP contribution in [0.2, 0.25) is 0 Å². The fourth-order valence-electron chi connectivity index (χ4n) is 1.34. The highest BCUT2D eigenvalue weighted by Gasteiger charge is 2.15. The Labute approximate surface area is 105 Å². The Morgan fingerprint density at radius 3 is 2.50 bits per heavy atom. The van der Waals surface area contributed by atoms with Crippen molar-refractivity contribution in [2.75, 3.05) is 6.54 Å². The quantitative estimate of drug-likeness (QED) is 0.625. The highest BCUT2D eigenvalue weighted by Crippen LogP contribution is 2.12. The number of nitrogens with one attached hydrogen (secondary N) is 2. The lowest BCUT2D eigenvalue weighted by Crippen LogP contribution is -2.40. The van der Waals surface area contributed by atoms with Crippen LogP contribution in [0, 0.1) is 5.82 Å². The van der Waals surface area contributed by atoms with Gasteiger partial charge in [-0.1, -0.05) is 18.2 Å². The van der Waals surface area contributed by atoms with Crippen molar-refractivity contribution in [3.63, 3.8) is 0 Å². The molecule has 1 atom stereocenters. The Morgan fingerprint density at radius 1 is 1.33 bits per heavy atom. The van der Waals surface area contributed by atoms with Crippen molar-refractivity contribution in [2.24, 2.45) is 0 Å². The molecule has 0 saturated heterocycles. The Hall–Kier alpha value is -2.17. The fourth-order valence-corrected chi connectivity index (χ4v) is 1.34. The Bertz CT molecular complexity index is 443. The summed E-state index contributed by atoms with van der Waals surface area (Å²) in [5.74, 6) is -1.79. The van der Waals surface area contributed by atoms with Crippen LogP contribution in [0.25, 0.3) is 0 Å². The van der Waals surface area contributed by atoms with Crippen molar-refractivity contribution >= 4 is 11.8 Å². The zero-order chi connectivity index (χ0) is 13.5. The molecule has 0 bridgehead atoms. The third kappa shape index (κ3) is 4.01. The number of amides is 2. The Kier molecular flexibility index (Phi) is 5.05. The Morgan fingerprint density at radius 2 is 1.94 bits per heavy atom. The molecule has 96 valence electrons. The van der Waals surface area contributed by atoms with E-state index < -0.39 is 11.8 Å². The van der Waals surface area contributed by atoms with Crippen molar-refractivity contribution in [3.8, 4) is 0 Å². The molecule has 0 aromatic heterocycles. The van der Waals surface area contributed by atoms with E-state index in [2.05, 4.69) is 17.2 Å². The molecule has 4 nitrogen and oxygen atoms in total. The van der Waals surface area contributed by atoms with Gasteiger partial charge in [0.25, 0.3) is 0 Å². The fraction of sp³-hybridized carbons (Fsp3) is 0.231. The molecule has 0 saturated carbocycles. The van der Waals surface area contributed by atoms with Crippen LogP contribution in [0.1, 0.15) is 18.5 Å². The molecule has 0 aliphatic heterocycles. The molecule has 2 amide bonds. The summed E-state index contributed by atoms with van der Waals surface area (Å²) in [6.07, 6.45) is 1.48. The maximum atomic E-state index is 12.7. The van der Waals surface area contributed by atoms with E-state index in [1.807, 2.05) is 0 Å². The highest BCUT2D eigenvalue weighted by molar-refractivity contribution is 6.35. The first-order valence-corrected chi connectivity index (χ1v) is 5.49. The molecular weight excluding hydrogens is 235 g/mol. The van der Waals surface area contributed by atoms with E-state index in [0.717, 1.165) is 5.56 Å². The van der Waals surface area contributed by atoms with Crippen molar-refractivity contribution in [1.82, 2.24) is 10.6 Å². The summed E-state index contributed by atoms with van der Waals surface area (Å²) in [7, 11) is 0. The zero-order valence-corrected chi connectivity index (χ0v) is 10.1. The second-order valence-corrected chi connectivity index (χ2v) is 3.75. The second-order valence-electron chi connectivity index (χ2n) is 3.75. The summed E-state index contributed by atoms with van der Waals surface area (Å²) in [5, 5.41) is 4.89. The summed E-state index contributed by atoms with van der Waals surface area (Å²) in [6.45, 7) is 5.37. The highest BCUT2D eigenvalue weighted by atomic mass is 19.1. The monoisotopic (exact) mass is 250 g/mol. The molecule has 0 aliphatic carbocycles. The maximum Gasteiger partial charge on any atom is 0.309 e. The van der Waals surface area contributed by atoms with Gasteiger partial charge in [0.1, 0.15) is 5.82 Å². The Balaban J connectivity index is 2.56. The van der Waals surface area contributed by atoms with Gasteiger partial charge >= 0.3 is 11.8 Å². The van der Waals surface area contributed by atoms with Gasteiger partial charge in [0.05, 0.1) is 6.04 Å². The van der Waals surface area contributed by atoms with E-state index in [9.17, 15) is 14.0 Å². The van der Waals surface area contributed by atoms with Crippen LogP contribution in [0.4, 0.5) is 4.39 Å². The molecule has 1 aromatic carbocycles. The van der Waals surface area contributed by atoms with Crippen LogP contribution in [-0.2, 0) is 9.59 Å². The molecule has 0 fully saturated rings. The average molecular weight is 250 g/mol. The van der Waals surface area contributed by atoms with E-state index in [1.165, 1.54) is 18.2 Å². The van der Waals surface area contributed by atoms with Crippen LogP contribution in [0.5, 0.6) is 0 Å². The average Bonchev–Trinajstić information content (AvgIpc) is 2.36. The summed E-state index contributed by atoms with van der Waals surface area (Å²) >= 11 is 0. The van der Waals surface area contributed by atoms with Crippen molar-refractivity contribution in [2.45, 2.75) is 13.0 Å². The van der Waals surface area contributed by atoms with Crippen LogP contribution in [0.15, 0.2) is 36.9 Å². The van der Waals surface area contributed by atoms with Crippen molar-refractivity contribution in [3.05, 3.63) is 48.3 Å². The number of benzene rings is 1. The molecular formula is C13H15FN2O2. The minimum absolute atomic E-state index is 0.233. The zero-order valence-electron chi connectivity index (χ0n) is 10.1. The van der Waals surface area contributed by atoms with E-state index in [-0.39, 0.29) is 18.4 Å². The van der Waals surface area contributed by atoms with Gasteiger partial charge < -0.3 is 10.6 Å². The molecule has 0 radical (unpaired) electrons. The van der Waals surface area contributed by atoms with Gasteiger partial charge in [0.2, 0.25) is 0 Å². The molecule has 0 heterocycles. The molecule has 0 spiro atoms. The van der Waals surface area contributed by atoms with E-state index >= 15 is 0 Å². The largest absolute Gasteiger partial charge is 0.344 e. The number of hydrogen-bond donors (Lipinski definition) is 2. The van der Waals surface area contributed by atoms with Gasteiger partial charge in [-0.2, -0.15) is 0 Å². The molecule has 0 aliphatic rings. The van der Waals surface area contributed by atoms with E-state index in [4.69, 9.17) is 0 Å². The standard InChI is InChI=1S/C13H15FN2O2/c1-3-8-15-12(17)13(18)16-9(2)10-4-6-11(14)7-5-10/h3-7,9H,1,8H2,2H3,(H,15,17)(H,16,18)/t9-/m1/s1. The van der Waals surface area contributed by atoms with E-state index in [1.54, 1.807) is 19.1 Å². The van der Waals surface area contributed by atoms with Crippen molar-refractivity contribution in [1.29, 1.82) is 0 Å². The SMILES string of the molecule is C=CCNC(=O)C(=O)N[C@H](C)c1ccc(F)cc1. The predicted molar refractivity (Wildman–Crippen MR) is 66.2 cm³/mol. The van der Waals surface area contributed by atoms with Gasteiger partial charge in [-0.3, -0.25) is 9.59 Å². The number of carbonyl (C=O) groups excluding carboxylic acids is 2. The normalized spacial score (nSPS) is 11.4. The first kappa shape index (κ1) is 13.9. The first-order chi connectivity index (χ1) is 8.54. The molecule has 5 heteroatoms. The summed E-state index contributed by atoms with van der Waals surface area (Å²) in [5.41, 5.74) is 0.723. The van der Waals surface area contributed by atoms with Crippen LogP contribution >= 0.6 is 0 Å². The lowest BCUT2D eigenvalue weighted by atomic mass is 10.1. The number of hydrogen-bond acceptors (Lipinski definition) is 2. The molecule has 1 rings (SSSR count). The van der Waals surface area contributed by atoms with Gasteiger partial charge in [-0.25, -0.2) is 4.39 Å². The molecule has 1 aromatic rings. The second kappa shape index (κ2) is 6.54. The van der Waals surface area contributed by atoms with Crippen LogP contribution in [-0.4, -0.2) is 18.4 Å².